The topological polar surface area (TPSA) is 64.9 Å². The first-order chi connectivity index (χ1) is 7.45. The molecule has 4 N–H and O–H groups in total. The molecule has 0 radical (unpaired) electrons. The average molecular weight is 230 g/mol. The number of carbonyl (C=O) groups is 1. The molecule has 0 aromatic carbocycles. The Morgan fingerprint density at radius 1 is 1.25 bits per heavy atom. The van der Waals surface area contributed by atoms with Crippen molar-refractivity contribution >= 4 is 5.97 Å². The maximum Gasteiger partial charge on any atom is 0.303 e. The fraction of sp³-hybridized carbons (Fsp3) is 0.923. The molecule has 0 amide bonds. The highest BCUT2D eigenvalue weighted by Gasteiger charge is 2.16. The van der Waals surface area contributed by atoms with Gasteiger partial charge in [-0.15, -0.1) is 0 Å². The minimum absolute atomic E-state index is 0.256. The van der Waals surface area contributed by atoms with Crippen LogP contribution < -0.4 is 5.73 Å². The molecule has 0 spiro atoms. The largest absolute Gasteiger partial charge is 0.481 e. The van der Waals surface area contributed by atoms with Gasteiger partial charge in [0.05, 0.1) is 13.0 Å². The zero-order valence-electron chi connectivity index (χ0n) is 11.0. The molecule has 0 saturated carbocycles. The molecule has 0 heterocycles. The van der Waals surface area contributed by atoms with Crippen LogP contribution in [0.5, 0.6) is 0 Å². The Morgan fingerprint density at radius 2 is 1.88 bits per heavy atom. The molecule has 0 bridgehead atoms. The van der Waals surface area contributed by atoms with Gasteiger partial charge >= 0.3 is 5.97 Å². The molecule has 0 fully saturated rings. The van der Waals surface area contributed by atoms with E-state index < -0.39 is 5.97 Å². The fourth-order valence-electron chi connectivity index (χ4n) is 2.11. The van der Waals surface area contributed by atoms with Crippen molar-refractivity contribution in [1.82, 2.24) is 0 Å². The first-order valence-electron chi connectivity index (χ1n) is 6.46. The highest BCUT2D eigenvalue weighted by Crippen LogP contribution is 2.20. The van der Waals surface area contributed by atoms with E-state index in [0.717, 1.165) is 18.9 Å². The Kier molecular flexibility index (Phi) is 8.26. The summed E-state index contributed by atoms with van der Waals surface area (Å²) in [5.74, 6) is 0.967. The van der Waals surface area contributed by atoms with E-state index in [1.165, 1.54) is 19.3 Å². The summed E-state index contributed by atoms with van der Waals surface area (Å²) in [6, 6.07) is 0. The number of rotatable bonds is 9. The molecule has 1 unspecified atom stereocenters. The molecule has 0 aliphatic heterocycles. The second-order valence-electron chi connectivity index (χ2n) is 5.42. The van der Waals surface area contributed by atoms with Crippen LogP contribution in [0.1, 0.15) is 52.9 Å². The first-order valence-corrected chi connectivity index (χ1v) is 6.46. The molecule has 0 rings (SSSR count). The monoisotopic (exact) mass is 230 g/mol. The predicted molar refractivity (Wildman–Crippen MR) is 66.0 cm³/mol. The molecule has 0 aliphatic rings. The van der Waals surface area contributed by atoms with Crippen LogP contribution in [0, 0.1) is 17.8 Å². The Bertz CT molecular complexity index is 192. The Hall–Kier alpha value is -0.570. The van der Waals surface area contributed by atoms with Crippen molar-refractivity contribution in [2.75, 3.05) is 6.54 Å². The van der Waals surface area contributed by atoms with Gasteiger partial charge in [0.1, 0.15) is 0 Å². The van der Waals surface area contributed by atoms with Gasteiger partial charge in [-0.2, -0.15) is 0 Å². The highest BCUT2D eigenvalue weighted by atomic mass is 16.4. The van der Waals surface area contributed by atoms with Gasteiger partial charge in [0.15, 0.2) is 0 Å². The predicted octanol–water partition coefficient (Wildman–Crippen LogP) is 2.17. The molecule has 16 heavy (non-hydrogen) atoms. The van der Waals surface area contributed by atoms with E-state index in [2.05, 4.69) is 26.5 Å². The number of quaternary nitrogens is 1. The van der Waals surface area contributed by atoms with Gasteiger partial charge in [-0.05, 0) is 18.3 Å². The second-order valence-corrected chi connectivity index (χ2v) is 5.42. The Labute approximate surface area is 99.4 Å². The summed E-state index contributed by atoms with van der Waals surface area (Å²) < 4.78 is 0. The summed E-state index contributed by atoms with van der Waals surface area (Å²) in [7, 11) is 0. The molecule has 0 aromatic rings. The van der Waals surface area contributed by atoms with Crippen LogP contribution in [0.4, 0.5) is 0 Å². The van der Waals surface area contributed by atoms with E-state index in [9.17, 15) is 4.79 Å². The average Bonchev–Trinajstić information content (AvgIpc) is 2.15. The molecular formula is C13H28NO2+. The zero-order chi connectivity index (χ0) is 12.6. The molecular weight excluding hydrogens is 202 g/mol. The normalized spacial score (nSPS) is 15.1. The van der Waals surface area contributed by atoms with Gasteiger partial charge in [0.2, 0.25) is 0 Å². The van der Waals surface area contributed by atoms with Crippen LogP contribution in [-0.2, 0) is 4.79 Å². The van der Waals surface area contributed by atoms with Crippen molar-refractivity contribution in [3.05, 3.63) is 0 Å². The summed E-state index contributed by atoms with van der Waals surface area (Å²) in [6.07, 6.45) is 5.04. The van der Waals surface area contributed by atoms with Gasteiger partial charge in [0, 0.05) is 5.92 Å². The number of carboxylic acid groups (broad SMARTS) is 1. The third-order valence-corrected chi connectivity index (χ3v) is 3.09. The van der Waals surface area contributed by atoms with Gasteiger partial charge in [-0.25, -0.2) is 0 Å². The van der Waals surface area contributed by atoms with Crippen LogP contribution in [0.15, 0.2) is 0 Å². The minimum Gasteiger partial charge on any atom is -0.481 e. The van der Waals surface area contributed by atoms with Crippen LogP contribution in [0.2, 0.25) is 0 Å². The molecule has 3 heteroatoms. The van der Waals surface area contributed by atoms with Gasteiger partial charge in [-0.3, -0.25) is 4.79 Å². The third-order valence-electron chi connectivity index (χ3n) is 3.09. The maximum atomic E-state index is 10.6. The summed E-state index contributed by atoms with van der Waals surface area (Å²) in [5.41, 5.74) is 3.84. The van der Waals surface area contributed by atoms with Crippen molar-refractivity contribution in [3.8, 4) is 0 Å². The number of carboxylic acids is 1. The lowest BCUT2D eigenvalue weighted by Gasteiger charge is -2.17. The Balaban J connectivity index is 3.73. The molecule has 0 aliphatic carbocycles. The lowest BCUT2D eigenvalue weighted by Crippen LogP contribution is -2.54. The fourth-order valence-corrected chi connectivity index (χ4v) is 2.11. The summed E-state index contributed by atoms with van der Waals surface area (Å²) in [5, 5.41) is 8.75. The van der Waals surface area contributed by atoms with E-state index in [0.29, 0.717) is 5.92 Å². The number of hydrogen-bond acceptors (Lipinski definition) is 1. The van der Waals surface area contributed by atoms with E-state index in [4.69, 9.17) is 5.11 Å². The summed E-state index contributed by atoms with van der Waals surface area (Å²) in [6.45, 7) is 7.45. The SMILES string of the molecule is CC(C)CCC[C@H](C)CC(C[NH3+])CC(=O)O. The summed E-state index contributed by atoms with van der Waals surface area (Å²) in [4.78, 5) is 10.6. The van der Waals surface area contributed by atoms with Crippen molar-refractivity contribution in [2.45, 2.75) is 52.9 Å². The smallest absolute Gasteiger partial charge is 0.303 e. The minimum atomic E-state index is -0.692. The lowest BCUT2D eigenvalue weighted by molar-refractivity contribution is -0.379. The van der Waals surface area contributed by atoms with E-state index in [1.54, 1.807) is 0 Å². The van der Waals surface area contributed by atoms with Gasteiger partial charge in [0.25, 0.3) is 0 Å². The third kappa shape index (κ3) is 8.72. The van der Waals surface area contributed by atoms with Gasteiger partial charge in [-0.1, -0.05) is 40.0 Å². The number of hydrogen-bond donors (Lipinski definition) is 2. The van der Waals surface area contributed by atoms with E-state index in [1.807, 2.05) is 0 Å². The zero-order valence-corrected chi connectivity index (χ0v) is 11.0. The maximum absolute atomic E-state index is 10.6. The van der Waals surface area contributed by atoms with Crippen molar-refractivity contribution in [3.63, 3.8) is 0 Å². The van der Waals surface area contributed by atoms with Crippen molar-refractivity contribution in [2.24, 2.45) is 17.8 Å². The van der Waals surface area contributed by atoms with Crippen LogP contribution in [0.25, 0.3) is 0 Å². The Morgan fingerprint density at radius 3 is 2.31 bits per heavy atom. The molecule has 96 valence electrons. The first kappa shape index (κ1) is 15.4. The molecule has 0 aromatic heterocycles. The molecule has 0 saturated heterocycles. The van der Waals surface area contributed by atoms with Crippen LogP contribution in [0.3, 0.4) is 0 Å². The van der Waals surface area contributed by atoms with E-state index in [-0.39, 0.29) is 12.3 Å². The quantitative estimate of drug-likeness (QED) is 0.637. The van der Waals surface area contributed by atoms with Crippen LogP contribution in [-0.4, -0.2) is 17.6 Å². The second kappa shape index (κ2) is 8.57. The van der Waals surface area contributed by atoms with Gasteiger partial charge < -0.3 is 10.8 Å². The lowest BCUT2D eigenvalue weighted by atomic mass is 9.89. The van der Waals surface area contributed by atoms with Crippen molar-refractivity contribution in [1.29, 1.82) is 0 Å². The molecule has 3 nitrogen and oxygen atoms in total. The molecule has 2 atom stereocenters. The number of aliphatic carboxylic acids is 1. The van der Waals surface area contributed by atoms with Crippen molar-refractivity contribution < 1.29 is 15.6 Å². The summed E-state index contributed by atoms with van der Waals surface area (Å²) >= 11 is 0. The highest BCUT2D eigenvalue weighted by molar-refractivity contribution is 5.67. The standard InChI is InChI=1S/C13H27NO2/c1-10(2)5-4-6-11(3)7-12(9-14)8-13(15)16/h10-12H,4-9,14H2,1-3H3,(H,15,16)/p+1/t11-,12?/m0/s1. The van der Waals surface area contributed by atoms with E-state index >= 15 is 0 Å². The van der Waals surface area contributed by atoms with Crippen LogP contribution >= 0.6 is 0 Å².